The van der Waals surface area contributed by atoms with Gasteiger partial charge in [0, 0.05) is 21.8 Å². The Hall–Kier alpha value is -1.63. The number of rotatable bonds is 1. The molecule has 1 aromatic carbocycles. The van der Waals surface area contributed by atoms with Crippen LogP contribution in [0.5, 0.6) is 0 Å². The molecule has 0 aliphatic carbocycles. The van der Waals surface area contributed by atoms with Gasteiger partial charge in [0.2, 0.25) is 5.69 Å². The van der Waals surface area contributed by atoms with Crippen molar-refractivity contribution in [3.8, 4) is 11.3 Å². The number of hydrogen-bond acceptors (Lipinski definition) is 0. The summed E-state index contributed by atoms with van der Waals surface area (Å²) in [5.41, 5.74) is 1.56. The van der Waals surface area contributed by atoms with Crippen molar-refractivity contribution in [3.05, 3.63) is 53.7 Å². The van der Waals surface area contributed by atoms with Gasteiger partial charge in [-0.1, -0.05) is 18.2 Å². The molecule has 0 spiro atoms. The van der Waals surface area contributed by atoms with Crippen molar-refractivity contribution in [2.24, 2.45) is 7.05 Å². The lowest BCUT2D eigenvalue weighted by Crippen LogP contribution is -2.30. The van der Waals surface area contributed by atoms with Crippen LogP contribution >= 0.6 is 0 Å². The van der Waals surface area contributed by atoms with Gasteiger partial charge in [0.15, 0.2) is 6.17 Å². The SMILES string of the molecule is [2H]c1c(C([2H])([2H])[2H])c([2H])c(-c2ccccc2C)[n+](C)c1[2H]. The predicted molar refractivity (Wildman–Crippen MR) is 62.5 cm³/mol. The fraction of sp³-hybridized carbons (Fsp3) is 0.214. The summed E-state index contributed by atoms with van der Waals surface area (Å²) in [6.45, 7) is -0.725. The summed E-state index contributed by atoms with van der Waals surface area (Å²) in [6, 6.07) is 6.67. The molecule has 0 radical (unpaired) electrons. The Balaban J connectivity index is 2.92. The highest BCUT2D eigenvalue weighted by atomic mass is 14.9. The summed E-state index contributed by atoms with van der Waals surface area (Å²) < 4.78 is 48.0. The second-order valence-electron chi connectivity index (χ2n) is 3.46. The molecule has 0 amide bonds. The van der Waals surface area contributed by atoms with Crippen LogP contribution in [0.1, 0.15) is 19.4 Å². The van der Waals surface area contributed by atoms with Gasteiger partial charge >= 0.3 is 0 Å². The lowest BCUT2D eigenvalue weighted by atomic mass is 10.0. The van der Waals surface area contributed by atoms with Crippen LogP contribution in [0.4, 0.5) is 0 Å². The van der Waals surface area contributed by atoms with E-state index in [1.54, 1.807) is 19.2 Å². The van der Waals surface area contributed by atoms with E-state index < -0.39 is 12.9 Å². The Morgan fingerprint density at radius 3 is 2.87 bits per heavy atom. The molecule has 2 aromatic rings. The van der Waals surface area contributed by atoms with Crippen LogP contribution in [-0.4, -0.2) is 0 Å². The van der Waals surface area contributed by atoms with Gasteiger partial charge in [0.05, 0.1) is 2.74 Å². The van der Waals surface area contributed by atoms with Gasteiger partial charge in [-0.15, -0.1) is 0 Å². The molecule has 76 valence electrons. The van der Waals surface area contributed by atoms with E-state index in [-0.39, 0.29) is 17.8 Å². The number of benzene rings is 1. The van der Waals surface area contributed by atoms with Gasteiger partial charge in [0.1, 0.15) is 8.42 Å². The third-order valence-electron chi connectivity index (χ3n) is 2.33. The molecule has 0 bridgehead atoms. The smallest absolute Gasteiger partial charge is 0.201 e. The molecule has 0 saturated heterocycles. The Morgan fingerprint density at radius 2 is 2.13 bits per heavy atom. The van der Waals surface area contributed by atoms with E-state index in [4.69, 9.17) is 8.22 Å². The lowest BCUT2D eigenvalue weighted by Gasteiger charge is -2.04. The number of nitrogens with zero attached hydrogens (tertiary/aromatic N) is 1. The summed E-state index contributed by atoms with van der Waals surface area (Å²) in [5.74, 6) is 0. The molecule has 2 rings (SSSR count). The van der Waals surface area contributed by atoms with Crippen molar-refractivity contribution in [1.29, 1.82) is 0 Å². The van der Waals surface area contributed by atoms with Crippen LogP contribution in [0, 0.1) is 13.8 Å². The molecule has 0 unspecified atom stereocenters. The minimum absolute atomic E-state index is 0.213. The summed E-state index contributed by atoms with van der Waals surface area (Å²) in [4.78, 5) is 0. The maximum Gasteiger partial charge on any atom is 0.212 e. The van der Waals surface area contributed by atoms with Gasteiger partial charge in [0.25, 0.3) is 0 Å². The molecule has 0 aliphatic rings. The van der Waals surface area contributed by atoms with E-state index >= 15 is 0 Å². The lowest BCUT2D eigenvalue weighted by molar-refractivity contribution is -0.660. The zero-order valence-electron chi connectivity index (χ0n) is 14.8. The summed E-state index contributed by atoms with van der Waals surface area (Å²) in [7, 11) is 1.57. The number of aryl methyl sites for hydroxylation is 1. The average Bonchev–Trinajstić information content (AvgIpc) is 2.37. The first-order chi connectivity index (χ1) is 9.66. The molecule has 15 heavy (non-hydrogen) atoms. The average molecular weight is 204 g/mol. The van der Waals surface area contributed by atoms with Crippen LogP contribution in [-0.2, 0) is 7.05 Å². The summed E-state index contributed by atoms with van der Waals surface area (Å²) in [6.07, 6.45) is -0.213. The molecular formula is C14H16N+. The van der Waals surface area contributed by atoms with Crippen LogP contribution in [0.25, 0.3) is 11.3 Å². The monoisotopic (exact) mass is 204 g/mol. The molecule has 0 saturated carbocycles. The quantitative estimate of drug-likeness (QED) is 0.629. The fourth-order valence-corrected chi connectivity index (χ4v) is 1.52. The van der Waals surface area contributed by atoms with E-state index in [1.807, 2.05) is 19.1 Å². The zero-order chi connectivity index (χ0) is 15.9. The van der Waals surface area contributed by atoms with Gasteiger partial charge in [-0.2, -0.15) is 0 Å². The van der Waals surface area contributed by atoms with Crippen molar-refractivity contribution in [1.82, 2.24) is 0 Å². The Bertz CT molecular complexity index is 706. The molecule has 0 aliphatic heterocycles. The standard InChI is InChI=1S/C14H16N/c1-11-8-9-15(3)14(10-11)13-7-5-4-6-12(13)2/h4-10H,1-3H3/q+1/i1D3,8D,9D,10D. The number of pyridine rings is 1. The Labute approximate surface area is 99.4 Å². The van der Waals surface area contributed by atoms with E-state index in [0.717, 1.165) is 5.56 Å². The minimum atomic E-state index is -2.59. The second kappa shape index (κ2) is 3.85. The first kappa shape index (κ1) is 4.93. The van der Waals surface area contributed by atoms with E-state index in [1.165, 1.54) is 4.57 Å². The van der Waals surface area contributed by atoms with Crippen molar-refractivity contribution in [3.63, 3.8) is 0 Å². The van der Waals surface area contributed by atoms with E-state index in [2.05, 4.69) is 0 Å². The number of hydrogen-bond donors (Lipinski definition) is 0. The topological polar surface area (TPSA) is 3.88 Å². The molecule has 1 aromatic heterocycles. The minimum Gasteiger partial charge on any atom is -0.201 e. The highest BCUT2D eigenvalue weighted by molar-refractivity contribution is 5.61. The van der Waals surface area contributed by atoms with Crippen molar-refractivity contribution < 1.29 is 12.8 Å². The van der Waals surface area contributed by atoms with Gasteiger partial charge in [-0.25, -0.2) is 4.57 Å². The Kier molecular flexibility index (Phi) is 1.27. The molecule has 0 atom stereocenters. The van der Waals surface area contributed by atoms with Crippen LogP contribution in [0.15, 0.2) is 42.5 Å². The van der Waals surface area contributed by atoms with Crippen molar-refractivity contribution in [2.45, 2.75) is 13.8 Å². The van der Waals surface area contributed by atoms with Gasteiger partial charge in [-0.05, 0) is 31.0 Å². The highest BCUT2D eigenvalue weighted by Crippen LogP contribution is 2.19. The first-order valence-corrected chi connectivity index (χ1v) is 4.72. The normalized spacial score (nSPS) is 16.9. The van der Waals surface area contributed by atoms with Gasteiger partial charge < -0.3 is 0 Å². The van der Waals surface area contributed by atoms with Gasteiger partial charge in [-0.3, -0.25) is 0 Å². The zero-order valence-corrected chi connectivity index (χ0v) is 8.76. The third kappa shape index (κ3) is 1.91. The maximum atomic E-state index is 8.23. The molecular weight excluding hydrogens is 182 g/mol. The van der Waals surface area contributed by atoms with Crippen LogP contribution < -0.4 is 4.57 Å². The molecule has 1 heterocycles. The predicted octanol–water partition coefficient (Wildman–Crippen LogP) is 2.79. The van der Waals surface area contributed by atoms with Crippen LogP contribution in [0.3, 0.4) is 0 Å². The van der Waals surface area contributed by atoms with Crippen LogP contribution in [0.2, 0.25) is 0 Å². The third-order valence-corrected chi connectivity index (χ3v) is 2.33. The Morgan fingerprint density at radius 1 is 1.33 bits per heavy atom. The molecule has 1 nitrogen and oxygen atoms in total. The summed E-state index contributed by atoms with van der Waals surface area (Å²) >= 11 is 0. The summed E-state index contributed by atoms with van der Waals surface area (Å²) in [5, 5.41) is 0. The molecule has 0 fully saturated rings. The molecule has 1 heteroatoms. The van der Waals surface area contributed by atoms with Crippen molar-refractivity contribution in [2.75, 3.05) is 0 Å². The first-order valence-electron chi connectivity index (χ1n) is 7.72. The fourth-order valence-electron chi connectivity index (χ4n) is 1.52. The van der Waals surface area contributed by atoms with E-state index in [9.17, 15) is 0 Å². The largest absolute Gasteiger partial charge is 0.212 e. The molecule has 0 N–H and O–H groups in total. The van der Waals surface area contributed by atoms with Crippen molar-refractivity contribution >= 4 is 0 Å². The van der Waals surface area contributed by atoms with E-state index in [0.29, 0.717) is 11.3 Å². The maximum absolute atomic E-state index is 8.23. The number of aromatic nitrogens is 1. The highest BCUT2D eigenvalue weighted by Gasteiger charge is 2.10. The second-order valence-corrected chi connectivity index (χ2v) is 3.46.